The van der Waals surface area contributed by atoms with Gasteiger partial charge in [0.25, 0.3) is 5.91 Å². The lowest BCUT2D eigenvalue weighted by Crippen LogP contribution is -2.35. The van der Waals surface area contributed by atoms with Gasteiger partial charge in [0.05, 0.1) is 18.4 Å². The second-order valence-electron chi connectivity index (χ2n) is 9.22. The van der Waals surface area contributed by atoms with Crippen molar-refractivity contribution >= 4 is 64.5 Å². The van der Waals surface area contributed by atoms with Crippen molar-refractivity contribution in [3.05, 3.63) is 68.1 Å². The average Bonchev–Trinajstić information content (AvgIpc) is 3.32. The lowest BCUT2D eigenvalue weighted by molar-refractivity contribution is -0.116. The fraction of sp³-hybridized carbons (Fsp3) is 0.333. The molecular weight excluding hydrogens is 563 g/mol. The number of nitrogens with one attached hydrogen (secondary N) is 2. The monoisotopic (exact) mass is 592 g/mol. The molecule has 0 bridgehead atoms. The number of carboxylic acids is 1. The van der Waals surface area contributed by atoms with Crippen molar-refractivity contribution in [2.45, 2.75) is 45.7 Å². The highest BCUT2D eigenvalue weighted by atomic mass is 35.5. The molecule has 2 amide bonds. The first-order chi connectivity index (χ1) is 18.1. The van der Waals surface area contributed by atoms with Gasteiger partial charge < -0.3 is 20.5 Å². The van der Waals surface area contributed by atoms with E-state index in [-0.39, 0.29) is 48.2 Å². The number of carbonyl (C=O) groups excluding carboxylic acids is 2. The third kappa shape index (κ3) is 7.48. The number of halogens is 2. The van der Waals surface area contributed by atoms with Crippen LogP contribution in [0.4, 0.5) is 11.4 Å². The summed E-state index contributed by atoms with van der Waals surface area (Å²) in [7, 11) is 1.42. The predicted octanol–water partition coefficient (Wildman–Crippen LogP) is 5.52. The van der Waals surface area contributed by atoms with Crippen LogP contribution in [0.15, 0.2) is 36.4 Å². The van der Waals surface area contributed by atoms with E-state index in [0.29, 0.717) is 27.3 Å². The van der Waals surface area contributed by atoms with Crippen LogP contribution in [0.1, 0.15) is 56.6 Å². The molecule has 2 heterocycles. The number of carboxylic acid groups (broad SMARTS) is 1. The van der Waals surface area contributed by atoms with E-state index in [0.717, 1.165) is 30.1 Å². The van der Waals surface area contributed by atoms with Gasteiger partial charge in [-0.3, -0.25) is 14.5 Å². The van der Waals surface area contributed by atoms with Crippen LogP contribution in [-0.4, -0.2) is 52.5 Å². The van der Waals surface area contributed by atoms with Crippen LogP contribution in [0.2, 0.25) is 5.02 Å². The predicted molar refractivity (Wildman–Crippen MR) is 155 cm³/mol. The summed E-state index contributed by atoms with van der Waals surface area (Å²) in [6.45, 7) is 5.91. The summed E-state index contributed by atoms with van der Waals surface area (Å²) in [6, 6.07) is 9.90. The van der Waals surface area contributed by atoms with Gasteiger partial charge in [-0.25, -0.2) is 9.78 Å². The van der Waals surface area contributed by atoms with Gasteiger partial charge >= 0.3 is 5.97 Å². The molecule has 0 aliphatic carbocycles. The number of aromatic nitrogens is 1. The van der Waals surface area contributed by atoms with E-state index in [1.807, 2.05) is 0 Å². The zero-order chi connectivity index (χ0) is 27.4. The number of hydrogen-bond donors (Lipinski definition) is 3. The molecule has 0 saturated heterocycles. The van der Waals surface area contributed by atoms with Gasteiger partial charge in [-0.2, -0.15) is 0 Å². The Bertz CT molecular complexity index is 1360. The minimum atomic E-state index is -1.16. The Balaban J connectivity index is 0.00000420. The molecule has 9 nitrogen and oxygen atoms in total. The quantitative estimate of drug-likeness (QED) is 0.299. The second kappa shape index (κ2) is 13.3. The van der Waals surface area contributed by atoms with Crippen LogP contribution in [0.5, 0.6) is 5.75 Å². The number of thiazole rings is 1. The average molecular weight is 594 g/mol. The lowest BCUT2D eigenvalue weighted by atomic mass is 10.0. The highest BCUT2D eigenvalue weighted by molar-refractivity contribution is 7.13. The highest BCUT2D eigenvalue weighted by Crippen LogP contribution is 2.32. The van der Waals surface area contributed by atoms with E-state index >= 15 is 0 Å². The third-order valence-electron chi connectivity index (χ3n) is 6.34. The van der Waals surface area contributed by atoms with E-state index in [1.54, 1.807) is 24.3 Å². The summed E-state index contributed by atoms with van der Waals surface area (Å²) < 4.78 is 5.45. The largest absolute Gasteiger partial charge is 0.496 e. The zero-order valence-corrected chi connectivity index (χ0v) is 24.1. The molecule has 0 spiro atoms. The van der Waals surface area contributed by atoms with Gasteiger partial charge in [-0.15, -0.1) is 23.7 Å². The van der Waals surface area contributed by atoms with Crippen molar-refractivity contribution in [1.82, 2.24) is 9.88 Å². The molecule has 0 fully saturated rings. The summed E-state index contributed by atoms with van der Waals surface area (Å²) in [5.41, 5.74) is 2.27. The summed E-state index contributed by atoms with van der Waals surface area (Å²) in [4.78, 5) is 45.5. The molecule has 0 saturated carbocycles. The number of ether oxygens (including phenoxy) is 1. The molecule has 2 aromatic carbocycles. The van der Waals surface area contributed by atoms with E-state index in [2.05, 4.69) is 34.4 Å². The van der Waals surface area contributed by atoms with E-state index in [4.69, 9.17) is 16.3 Å². The van der Waals surface area contributed by atoms with E-state index in [9.17, 15) is 19.5 Å². The molecule has 3 N–H and O–H groups in total. The van der Waals surface area contributed by atoms with Crippen LogP contribution in [-0.2, 0) is 24.2 Å². The topological polar surface area (TPSA) is 121 Å². The first kappa shape index (κ1) is 30.4. The Hall–Kier alpha value is -3.18. The molecule has 12 heteroatoms. The van der Waals surface area contributed by atoms with Crippen molar-refractivity contribution in [3.8, 4) is 5.75 Å². The fourth-order valence-corrected chi connectivity index (χ4v) is 5.40. The molecule has 4 rings (SSSR count). The summed E-state index contributed by atoms with van der Waals surface area (Å²) >= 11 is 7.25. The van der Waals surface area contributed by atoms with Gasteiger partial charge in [0.1, 0.15) is 5.75 Å². The Kier molecular flexibility index (Phi) is 10.3. The number of amides is 2. The molecule has 0 radical (unpaired) electrons. The van der Waals surface area contributed by atoms with E-state index < -0.39 is 11.9 Å². The van der Waals surface area contributed by atoms with Crippen molar-refractivity contribution in [2.75, 3.05) is 24.3 Å². The fourth-order valence-electron chi connectivity index (χ4n) is 4.24. The zero-order valence-electron chi connectivity index (χ0n) is 21.7. The maximum absolute atomic E-state index is 13.2. The smallest absolute Gasteiger partial charge is 0.335 e. The molecule has 1 aromatic heterocycles. The van der Waals surface area contributed by atoms with Crippen LogP contribution in [0.3, 0.4) is 0 Å². The number of nitrogens with zero attached hydrogens (tertiary/aromatic N) is 2. The maximum Gasteiger partial charge on any atom is 0.335 e. The Morgan fingerprint density at radius 3 is 2.54 bits per heavy atom. The molecular formula is C27H30Cl2N4O5S. The van der Waals surface area contributed by atoms with Gasteiger partial charge in [0.2, 0.25) is 5.91 Å². The number of anilines is 2. The summed E-state index contributed by atoms with van der Waals surface area (Å²) in [5, 5.41) is 16.1. The van der Waals surface area contributed by atoms with Gasteiger partial charge in [0, 0.05) is 58.8 Å². The first-order valence-corrected chi connectivity index (χ1v) is 13.4. The highest BCUT2D eigenvalue weighted by Gasteiger charge is 2.25. The molecule has 208 valence electrons. The van der Waals surface area contributed by atoms with E-state index in [1.165, 1.54) is 30.6 Å². The Labute approximate surface area is 241 Å². The Morgan fingerprint density at radius 1 is 1.18 bits per heavy atom. The van der Waals surface area contributed by atoms with Crippen molar-refractivity contribution in [1.29, 1.82) is 0 Å². The lowest BCUT2D eigenvalue weighted by Gasteiger charge is -2.29. The van der Waals surface area contributed by atoms with Crippen LogP contribution in [0.25, 0.3) is 0 Å². The normalized spacial score (nSPS) is 12.8. The number of benzene rings is 2. The number of methoxy groups -OCH3 is 1. The number of fused-ring (bicyclic) bond motifs is 1. The molecule has 0 atom stereocenters. The van der Waals surface area contributed by atoms with Crippen LogP contribution >= 0.6 is 35.3 Å². The molecule has 1 aliphatic rings. The number of carbonyl (C=O) groups is 3. The summed E-state index contributed by atoms with van der Waals surface area (Å²) in [5.74, 6) is -1.58. The molecule has 1 aliphatic heterocycles. The van der Waals surface area contributed by atoms with Gasteiger partial charge in [0.15, 0.2) is 5.01 Å². The number of hydrogen-bond acceptors (Lipinski definition) is 7. The van der Waals surface area contributed by atoms with Crippen LogP contribution < -0.4 is 15.4 Å². The minimum absolute atomic E-state index is 0. The van der Waals surface area contributed by atoms with Crippen molar-refractivity contribution in [3.63, 3.8) is 0 Å². The molecule has 0 unspecified atom stereocenters. The van der Waals surface area contributed by atoms with Gasteiger partial charge in [-0.05, 0) is 56.7 Å². The maximum atomic E-state index is 13.2. The minimum Gasteiger partial charge on any atom is -0.496 e. The standard InChI is InChI=1S/C27H29ClN4O5S.ClH/c1-15(2)32-11-10-20-23(14-32)38-26(31-20)25(34)30-21-12-16(27(35)36)13-22(37-3)19(21)8-9-24(33)29-18-6-4-17(28)5-7-18;/h4-7,12-13,15H,8-11,14H2,1-3H3,(H,29,33)(H,30,34)(H,35,36);1H. The SMILES string of the molecule is COc1cc(C(=O)O)cc(NC(=O)c2nc3c(s2)CN(C(C)C)CC3)c1CCC(=O)Nc1ccc(Cl)cc1.Cl. The van der Waals surface area contributed by atoms with Gasteiger partial charge in [-0.1, -0.05) is 11.6 Å². The third-order valence-corrected chi connectivity index (χ3v) is 7.67. The Morgan fingerprint density at radius 2 is 1.90 bits per heavy atom. The van der Waals surface area contributed by atoms with Crippen LogP contribution in [0, 0.1) is 0 Å². The molecule has 3 aromatic rings. The first-order valence-electron chi connectivity index (χ1n) is 12.2. The summed E-state index contributed by atoms with van der Waals surface area (Å²) in [6.07, 6.45) is 1.05. The molecule has 39 heavy (non-hydrogen) atoms. The second-order valence-corrected chi connectivity index (χ2v) is 10.7. The van der Waals surface area contributed by atoms with Crippen molar-refractivity contribution < 1.29 is 24.2 Å². The van der Waals surface area contributed by atoms with Crippen molar-refractivity contribution in [2.24, 2.45) is 0 Å². The number of rotatable bonds is 9. The number of aromatic carboxylic acids is 1.